The van der Waals surface area contributed by atoms with Crippen LogP contribution in [0.1, 0.15) is 67.6 Å². The van der Waals surface area contributed by atoms with E-state index < -0.39 is 11.8 Å². The molecule has 212 valence electrons. The van der Waals surface area contributed by atoms with Crippen molar-refractivity contribution in [2.24, 2.45) is 5.92 Å². The van der Waals surface area contributed by atoms with E-state index in [4.69, 9.17) is 15.5 Å². The summed E-state index contributed by atoms with van der Waals surface area (Å²) in [5, 5.41) is 3.96. The van der Waals surface area contributed by atoms with E-state index in [2.05, 4.69) is 40.3 Å². The maximum atomic E-state index is 13.5. The standard InChI is InChI=1S/C30H38N6O3S/c1-3-19-12-22(14-32-27(19)31)33-28(37)30(38)36-15-18(2)4-6-25(36)21-5-7-26-24(13-21)34-29(40-26)20-8-10-35(11-9-20)23-16-39-17-23/h5,7,12-14,18,20,23,25H,3-4,6,8-11,15-17H2,1-2H3,(H2,31,32)(H,33,37)/t18-,25+/m0/s1. The number of fused-ring (bicyclic) bond motifs is 1. The molecule has 6 rings (SSSR count). The van der Waals surface area contributed by atoms with Crippen molar-refractivity contribution in [2.45, 2.75) is 64.0 Å². The van der Waals surface area contributed by atoms with Crippen molar-refractivity contribution in [1.82, 2.24) is 19.8 Å². The number of carbonyl (C=O) groups excluding carboxylic acids is 2. The minimum absolute atomic E-state index is 0.160. The zero-order valence-corrected chi connectivity index (χ0v) is 24.1. The highest BCUT2D eigenvalue weighted by atomic mass is 32.1. The number of aromatic nitrogens is 2. The monoisotopic (exact) mass is 562 g/mol. The highest BCUT2D eigenvalue weighted by molar-refractivity contribution is 7.18. The van der Waals surface area contributed by atoms with E-state index in [1.165, 1.54) is 15.9 Å². The maximum absolute atomic E-state index is 13.5. The van der Waals surface area contributed by atoms with Gasteiger partial charge in [-0.25, -0.2) is 9.97 Å². The number of carbonyl (C=O) groups is 2. The first kappa shape index (κ1) is 27.1. The van der Waals surface area contributed by atoms with Gasteiger partial charge in [0.25, 0.3) is 0 Å². The van der Waals surface area contributed by atoms with Crippen LogP contribution < -0.4 is 11.1 Å². The number of aryl methyl sites for hydroxylation is 1. The van der Waals surface area contributed by atoms with Gasteiger partial charge in [-0.1, -0.05) is 19.9 Å². The SMILES string of the molecule is CCc1cc(NC(=O)C(=O)N2C[C@@H](C)CC[C@@H]2c2ccc3sc(C4CCN(C5COC5)CC4)nc3c2)cnc1N. The van der Waals surface area contributed by atoms with Crippen LogP contribution in [0.15, 0.2) is 30.5 Å². The molecule has 0 bridgehead atoms. The summed E-state index contributed by atoms with van der Waals surface area (Å²) in [6.07, 6.45) is 6.26. The predicted molar refractivity (Wildman–Crippen MR) is 157 cm³/mol. The number of pyridine rings is 1. The summed E-state index contributed by atoms with van der Waals surface area (Å²) in [6.45, 7) is 8.59. The molecule has 3 N–H and O–H groups in total. The minimum Gasteiger partial charge on any atom is -0.383 e. The zero-order valence-electron chi connectivity index (χ0n) is 23.3. The fourth-order valence-corrected chi connectivity index (χ4v) is 7.32. The molecule has 3 fully saturated rings. The molecule has 1 aromatic carbocycles. The fourth-order valence-electron chi connectivity index (χ4n) is 6.20. The summed E-state index contributed by atoms with van der Waals surface area (Å²) in [6, 6.07) is 8.60. The number of nitrogen functional groups attached to an aromatic ring is 1. The van der Waals surface area contributed by atoms with Crippen molar-refractivity contribution < 1.29 is 14.3 Å². The maximum Gasteiger partial charge on any atom is 0.313 e. The van der Waals surface area contributed by atoms with E-state index >= 15 is 0 Å². The largest absolute Gasteiger partial charge is 0.383 e. The number of hydrogen-bond donors (Lipinski definition) is 2. The molecule has 0 radical (unpaired) electrons. The molecule has 0 aliphatic carbocycles. The third-order valence-electron chi connectivity index (χ3n) is 8.74. The van der Waals surface area contributed by atoms with Gasteiger partial charge in [0.1, 0.15) is 5.82 Å². The number of nitrogens with zero attached hydrogens (tertiary/aromatic N) is 4. The molecule has 9 nitrogen and oxygen atoms in total. The normalized spacial score (nSPS) is 22.8. The third kappa shape index (κ3) is 5.44. The van der Waals surface area contributed by atoms with Crippen molar-refractivity contribution in [3.05, 3.63) is 46.6 Å². The predicted octanol–water partition coefficient (Wildman–Crippen LogP) is 4.35. The second kappa shape index (κ2) is 11.4. The lowest BCUT2D eigenvalue weighted by Crippen LogP contribution is -2.51. The summed E-state index contributed by atoms with van der Waals surface area (Å²) in [4.78, 5) is 40.1. The van der Waals surface area contributed by atoms with Gasteiger partial charge in [-0.2, -0.15) is 0 Å². The van der Waals surface area contributed by atoms with E-state index in [-0.39, 0.29) is 6.04 Å². The summed E-state index contributed by atoms with van der Waals surface area (Å²) in [5.74, 6) is 0.0847. The summed E-state index contributed by atoms with van der Waals surface area (Å²) >= 11 is 1.79. The smallest absolute Gasteiger partial charge is 0.313 e. The molecular formula is C30H38N6O3S. The van der Waals surface area contributed by atoms with Crippen LogP contribution >= 0.6 is 11.3 Å². The molecule has 5 heterocycles. The van der Waals surface area contributed by atoms with Gasteiger partial charge in [0, 0.05) is 12.5 Å². The van der Waals surface area contributed by atoms with Crippen molar-refractivity contribution in [2.75, 3.05) is 43.9 Å². The highest BCUT2D eigenvalue weighted by Crippen LogP contribution is 2.38. The summed E-state index contributed by atoms with van der Waals surface area (Å²) < 4.78 is 6.55. The van der Waals surface area contributed by atoms with Gasteiger partial charge in [0.05, 0.1) is 52.4 Å². The number of nitrogens with two attached hydrogens (primary N) is 1. The first-order valence-corrected chi connectivity index (χ1v) is 15.3. The molecular weight excluding hydrogens is 524 g/mol. The number of likely N-dealkylation sites (tertiary alicyclic amines) is 2. The first-order chi connectivity index (χ1) is 19.4. The number of rotatable bonds is 5. The molecule has 0 unspecified atom stereocenters. The average Bonchev–Trinajstić information content (AvgIpc) is 3.36. The molecule has 2 amide bonds. The number of ether oxygens (including phenoxy) is 1. The van der Waals surface area contributed by atoms with Gasteiger partial charge in [-0.3, -0.25) is 14.5 Å². The second-order valence-corrected chi connectivity index (χ2v) is 12.6. The van der Waals surface area contributed by atoms with E-state index in [1.807, 2.05) is 6.92 Å². The van der Waals surface area contributed by atoms with E-state index in [1.54, 1.807) is 22.3 Å². The Labute approximate surface area is 239 Å². The van der Waals surface area contributed by atoms with Crippen LogP contribution in [0.2, 0.25) is 0 Å². The molecule has 40 heavy (non-hydrogen) atoms. The highest BCUT2D eigenvalue weighted by Gasteiger charge is 2.35. The number of hydrogen-bond acceptors (Lipinski definition) is 8. The van der Waals surface area contributed by atoms with E-state index in [0.717, 1.165) is 68.6 Å². The molecule has 3 aliphatic heterocycles. The Bertz CT molecular complexity index is 1400. The molecule has 2 atom stereocenters. The Kier molecular flexibility index (Phi) is 7.74. The lowest BCUT2D eigenvalue weighted by Gasteiger charge is -2.41. The Morgan fingerprint density at radius 2 is 1.95 bits per heavy atom. The van der Waals surface area contributed by atoms with E-state index in [9.17, 15) is 9.59 Å². The first-order valence-electron chi connectivity index (χ1n) is 14.5. The van der Waals surface area contributed by atoms with Crippen LogP contribution in [0.4, 0.5) is 11.5 Å². The molecule has 3 aromatic rings. The lowest BCUT2D eigenvalue weighted by atomic mass is 9.89. The minimum atomic E-state index is -0.649. The van der Waals surface area contributed by atoms with Gasteiger partial charge < -0.3 is 20.7 Å². The number of nitrogens with one attached hydrogen (secondary N) is 1. The summed E-state index contributed by atoms with van der Waals surface area (Å²) in [7, 11) is 0. The molecule has 0 spiro atoms. The van der Waals surface area contributed by atoms with Crippen LogP contribution in [-0.2, 0) is 20.7 Å². The van der Waals surface area contributed by atoms with Crippen molar-refractivity contribution >= 4 is 44.9 Å². The van der Waals surface area contributed by atoms with Gasteiger partial charge in [0.15, 0.2) is 0 Å². The van der Waals surface area contributed by atoms with Crippen LogP contribution in [0.3, 0.4) is 0 Å². The van der Waals surface area contributed by atoms with Crippen LogP contribution in [0, 0.1) is 5.92 Å². The number of anilines is 2. The number of thiazole rings is 1. The molecule has 0 saturated carbocycles. The Balaban J connectivity index is 1.17. The van der Waals surface area contributed by atoms with Gasteiger partial charge >= 0.3 is 11.8 Å². The molecule has 3 aliphatic rings. The molecule has 3 saturated heterocycles. The van der Waals surface area contributed by atoms with Crippen LogP contribution in [-0.4, -0.2) is 70.5 Å². The van der Waals surface area contributed by atoms with E-state index in [0.29, 0.717) is 42.3 Å². The zero-order chi connectivity index (χ0) is 27.8. The van der Waals surface area contributed by atoms with Crippen LogP contribution in [0.5, 0.6) is 0 Å². The number of amides is 2. The fraction of sp³-hybridized carbons (Fsp3) is 0.533. The lowest BCUT2D eigenvalue weighted by molar-refractivity contribution is -0.146. The number of piperidine rings is 2. The summed E-state index contributed by atoms with van der Waals surface area (Å²) in [5.41, 5.74) is 9.25. The van der Waals surface area contributed by atoms with Crippen LogP contribution in [0.25, 0.3) is 10.2 Å². The number of benzene rings is 1. The van der Waals surface area contributed by atoms with Crippen molar-refractivity contribution in [3.63, 3.8) is 0 Å². The Morgan fingerprint density at radius 1 is 1.15 bits per heavy atom. The van der Waals surface area contributed by atoms with Gasteiger partial charge in [-0.15, -0.1) is 11.3 Å². The average molecular weight is 563 g/mol. The van der Waals surface area contributed by atoms with Gasteiger partial charge in [0.2, 0.25) is 0 Å². The molecule has 2 aromatic heterocycles. The Hall–Kier alpha value is -3.08. The van der Waals surface area contributed by atoms with Crippen molar-refractivity contribution in [1.29, 1.82) is 0 Å². The third-order valence-corrected chi connectivity index (χ3v) is 9.94. The topological polar surface area (TPSA) is 114 Å². The Morgan fingerprint density at radius 3 is 2.67 bits per heavy atom. The van der Waals surface area contributed by atoms with Gasteiger partial charge in [-0.05, 0) is 80.4 Å². The van der Waals surface area contributed by atoms with Crippen molar-refractivity contribution in [3.8, 4) is 0 Å². The molecule has 10 heteroatoms. The quantitative estimate of drug-likeness (QED) is 0.445. The second-order valence-electron chi connectivity index (χ2n) is 11.5.